The van der Waals surface area contributed by atoms with Gasteiger partial charge in [-0.1, -0.05) is 48.0 Å². The van der Waals surface area contributed by atoms with E-state index < -0.39 is 0 Å². The Kier molecular flexibility index (Phi) is 7.41. The average Bonchev–Trinajstić information content (AvgIpc) is 2.60. The molecule has 2 N–H and O–H groups in total. The van der Waals surface area contributed by atoms with Gasteiger partial charge in [0.2, 0.25) is 11.8 Å². The van der Waals surface area contributed by atoms with E-state index in [0.717, 1.165) is 22.4 Å². The maximum atomic E-state index is 12.5. The van der Waals surface area contributed by atoms with Crippen LogP contribution in [0.25, 0.3) is 0 Å². The molecule has 0 saturated heterocycles. The first-order chi connectivity index (χ1) is 12.8. The highest BCUT2D eigenvalue weighted by atomic mass is 16.5. The second-order valence-corrected chi connectivity index (χ2v) is 6.92. The van der Waals surface area contributed by atoms with Crippen molar-refractivity contribution < 1.29 is 14.3 Å². The van der Waals surface area contributed by atoms with Crippen LogP contribution in [0, 0.1) is 6.92 Å². The molecule has 1 unspecified atom stereocenters. The SMILES string of the molecule is CC(=O)NC(CC(=O)NCc1ccccc1OC(C)C)c1ccc(C)cc1. The summed E-state index contributed by atoms with van der Waals surface area (Å²) in [6.45, 7) is 7.77. The fourth-order valence-electron chi connectivity index (χ4n) is 2.77. The van der Waals surface area contributed by atoms with Crippen molar-refractivity contribution >= 4 is 11.8 Å². The van der Waals surface area contributed by atoms with Gasteiger partial charge in [0.05, 0.1) is 18.6 Å². The van der Waals surface area contributed by atoms with E-state index in [4.69, 9.17) is 4.74 Å². The van der Waals surface area contributed by atoms with Crippen molar-refractivity contribution in [3.05, 3.63) is 65.2 Å². The standard InChI is InChI=1S/C22H28N2O3/c1-15(2)27-21-8-6-5-7-19(21)14-23-22(26)13-20(24-17(4)25)18-11-9-16(3)10-12-18/h5-12,15,20H,13-14H2,1-4H3,(H,23,26)(H,24,25). The second-order valence-electron chi connectivity index (χ2n) is 6.92. The summed E-state index contributed by atoms with van der Waals surface area (Å²) in [6, 6.07) is 15.1. The molecule has 5 heteroatoms. The number of carbonyl (C=O) groups is 2. The Morgan fingerprint density at radius 3 is 2.33 bits per heavy atom. The minimum atomic E-state index is -0.356. The Bertz CT molecular complexity index is 769. The van der Waals surface area contributed by atoms with E-state index in [1.807, 2.05) is 69.3 Å². The number of para-hydroxylation sites is 1. The molecule has 0 spiro atoms. The van der Waals surface area contributed by atoms with Crippen LogP contribution in [0.2, 0.25) is 0 Å². The highest BCUT2D eigenvalue weighted by molar-refractivity contribution is 5.79. The number of benzene rings is 2. The van der Waals surface area contributed by atoms with Gasteiger partial charge < -0.3 is 15.4 Å². The lowest BCUT2D eigenvalue weighted by Gasteiger charge is -2.19. The number of carbonyl (C=O) groups excluding carboxylic acids is 2. The molecule has 0 aliphatic heterocycles. The first-order valence-electron chi connectivity index (χ1n) is 9.20. The summed E-state index contributed by atoms with van der Waals surface area (Å²) in [4.78, 5) is 24.0. The van der Waals surface area contributed by atoms with E-state index in [1.165, 1.54) is 6.92 Å². The number of aryl methyl sites for hydroxylation is 1. The third kappa shape index (κ3) is 6.77. The Hall–Kier alpha value is -2.82. The highest BCUT2D eigenvalue weighted by Crippen LogP contribution is 2.20. The van der Waals surface area contributed by atoms with Crippen molar-refractivity contribution in [3.63, 3.8) is 0 Å². The molecule has 2 rings (SSSR count). The van der Waals surface area contributed by atoms with Gasteiger partial charge in [0.25, 0.3) is 0 Å². The molecule has 5 nitrogen and oxygen atoms in total. The van der Waals surface area contributed by atoms with Crippen LogP contribution in [-0.4, -0.2) is 17.9 Å². The van der Waals surface area contributed by atoms with Crippen LogP contribution in [0.3, 0.4) is 0 Å². The first kappa shape index (κ1) is 20.5. The van der Waals surface area contributed by atoms with E-state index >= 15 is 0 Å². The number of nitrogens with one attached hydrogen (secondary N) is 2. The lowest BCUT2D eigenvalue weighted by atomic mass is 10.0. The van der Waals surface area contributed by atoms with Crippen LogP contribution in [-0.2, 0) is 16.1 Å². The monoisotopic (exact) mass is 368 g/mol. The molecule has 0 fully saturated rings. The van der Waals surface area contributed by atoms with Crippen molar-refractivity contribution in [3.8, 4) is 5.75 Å². The van der Waals surface area contributed by atoms with Gasteiger partial charge in [-0.15, -0.1) is 0 Å². The van der Waals surface area contributed by atoms with Crippen molar-refractivity contribution in [1.29, 1.82) is 0 Å². The summed E-state index contributed by atoms with van der Waals surface area (Å²) >= 11 is 0. The zero-order valence-corrected chi connectivity index (χ0v) is 16.4. The molecule has 0 aromatic heterocycles. The molecular weight excluding hydrogens is 340 g/mol. The quantitative estimate of drug-likeness (QED) is 0.747. The van der Waals surface area contributed by atoms with E-state index in [-0.39, 0.29) is 30.4 Å². The molecule has 2 amide bonds. The lowest BCUT2D eigenvalue weighted by molar-refractivity contribution is -0.122. The summed E-state index contributed by atoms with van der Waals surface area (Å²) in [5, 5.41) is 5.78. The van der Waals surface area contributed by atoms with E-state index in [9.17, 15) is 9.59 Å². The van der Waals surface area contributed by atoms with Crippen molar-refractivity contribution in [1.82, 2.24) is 10.6 Å². The molecule has 0 aliphatic rings. The van der Waals surface area contributed by atoms with E-state index in [1.54, 1.807) is 0 Å². The van der Waals surface area contributed by atoms with Gasteiger partial charge >= 0.3 is 0 Å². The largest absolute Gasteiger partial charge is 0.491 e. The van der Waals surface area contributed by atoms with E-state index in [0.29, 0.717) is 6.54 Å². The summed E-state index contributed by atoms with van der Waals surface area (Å²) < 4.78 is 5.78. The molecule has 2 aromatic rings. The Morgan fingerprint density at radius 2 is 1.70 bits per heavy atom. The number of rotatable bonds is 8. The minimum Gasteiger partial charge on any atom is -0.491 e. The van der Waals surface area contributed by atoms with Crippen LogP contribution in [0.15, 0.2) is 48.5 Å². The van der Waals surface area contributed by atoms with Crippen LogP contribution in [0.4, 0.5) is 0 Å². The maximum absolute atomic E-state index is 12.5. The minimum absolute atomic E-state index is 0.0625. The zero-order chi connectivity index (χ0) is 19.8. The van der Waals surface area contributed by atoms with Crippen LogP contribution in [0.5, 0.6) is 5.75 Å². The number of hydrogen-bond acceptors (Lipinski definition) is 3. The number of ether oxygens (including phenoxy) is 1. The highest BCUT2D eigenvalue weighted by Gasteiger charge is 2.17. The molecule has 2 aromatic carbocycles. The van der Waals surface area contributed by atoms with Gasteiger partial charge in [-0.3, -0.25) is 9.59 Å². The van der Waals surface area contributed by atoms with E-state index in [2.05, 4.69) is 10.6 Å². The third-order valence-electron chi connectivity index (χ3n) is 4.06. The summed E-state index contributed by atoms with van der Waals surface area (Å²) in [5.41, 5.74) is 2.96. The molecule has 1 atom stereocenters. The van der Waals surface area contributed by atoms with Crippen LogP contribution >= 0.6 is 0 Å². The molecular formula is C22H28N2O3. The lowest BCUT2D eigenvalue weighted by Crippen LogP contribution is -2.32. The predicted molar refractivity (Wildman–Crippen MR) is 106 cm³/mol. The van der Waals surface area contributed by atoms with Gasteiger partial charge in [0, 0.05) is 19.0 Å². The second kappa shape index (κ2) is 9.76. The fourth-order valence-corrected chi connectivity index (χ4v) is 2.77. The molecule has 0 bridgehead atoms. The predicted octanol–water partition coefficient (Wildman–Crippen LogP) is 3.67. The summed E-state index contributed by atoms with van der Waals surface area (Å²) in [7, 11) is 0. The fraction of sp³-hybridized carbons (Fsp3) is 0.364. The zero-order valence-electron chi connectivity index (χ0n) is 16.4. The van der Waals surface area contributed by atoms with Gasteiger partial charge in [0.1, 0.15) is 5.75 Å². The van der Waals surface area contributed by atoms with Gasteiger partial charge in [-0.25, -0.2) is 0 Å². The van der Waals surface area contributed by atoms with Crippen LogP contribution in [0.1, 0.15) is 49.9 Å². The Morgan fingerprint density at radius 1 is 1.04 bits per heavy atom. The first-order valence-corrected chi connectivity index (χ1v) is 9.20. The van der Waals surface area contributed by atoms with Crippen molar-refractivity contribution in [2.45, 2.75) is 52.8 Å². The van der Waals surface area contributed by atoms with Gasteiger partial charge in [-0.2, -0.15) is 0 Å². The summed E-state index contributed by atoms with van der Waals surface area (Å²) in [6.07, 6.45) is 0.239. The molecule has 27 heavy (non-hydrogen) atoms. The average molecular weight is 368 g/mol. The number of hydrogen-bond donors (Lipinski definition) is 2. The molecule has 144 valence electrons. The molecule has 0 radical (unpaired) electrons. The third-order valence-corrected chi connectivity index (χ3v) is 4.06. The van der Waals surface area contributed by atoms with Gasteiger partial charge in [0.15, 0.2) is 0 Å². The molecule has 0 saturated carbocycles. The Balaban J connectivity index is 2.02. The normalized spacial score (nSPS) is 11.7. The van der Waals surface area contributed by atoms with Gasteiger partial charge in [-0.05, 0) is 32.4 Å². The smallest absolute Gasteiger partial charge is 0.222 e. The topological polar surface area (TPSA) is 67.4 Å². The molecule has 0 aliphatic carbocycles. The number of amides is 2. The van der Waals surface area contributed by atoms with Crippen LogP contribution < -0.4 is 15.4 Å². The van der Waals surface area contributed by atoms with Crippen molar-refractivity contribution in [2.75, 3.05) is 0 Å². The molecule has 0 heterocycles. The maximum Gasteiger partial charge on any atom is 0.222 e. The van der Waals surface area contributed by atoms with Crippen molar-refractivity contribution in [2.24, 2.45) is 0 Å². The Labute approximate surface area is 161 Å². The summed E-state index contributed by atoms with van der Waals surface area (Å²) in [5.74, 6) is 0.475.